The third-order valence-electron chi connectivity index (χ3n) is 4.18. The van der Waals surface area contributed by atoms with E-state index in [2.05, 4.69) is 34.4 Å². The molecule has 2 atom stereocenters. The molecule has 23 heavy (non-hydrogen) atoms. The van der Waals surface area contributed by atoms with Crippen molar-refractivity contribution in [1.29, 1.82) is 0 Å². The number of imidazole rings is 1. The molecular weight excluding hydrogens is 294 g/mol. The molecule has 0 spiro atoms. The molecule has 0 radical (unpaired) electrons. The first-order valence-corrected chi connectivity index (χ1v) is 8.38. The summed E-state index contributed by atoms with van der Waals surface area (Å²) in [6.45, 7) is 11.2. The van der Waals surface area contributed by atoms with Crippen LogP contribution in [-0.2, 0) is 11.3 Å². The highest BCUT2D eigenvalue weighted by molar-refractivity contribution is 5.74. The third-order valence-corrected chi connectivity index (χ3v) is 4.18. The maximum atomic E-state index is 12.1. The maximum Gasteiger partial charge on any atom is 0.315 e. The molecule has 1 aliphatic rings. The van der Waals surface area contributed by atoms with E-state index in [0.29, 0.717) is 25.0 Å². The van der Waals surface area contributed by atoms with Crippen LogP contribution in [0.25, 0.3) is 0 Å². The van der Waals surface area contributed by atoms with E-state index in [1.165, 1.54) is 0 Å². The van der Waals surface area contributed by atoms with Gasteiger partial charge >= 0.3 is 6.03 Å². The van der Waals surface area contributed by atoms with Crippen LogP contribution in [0.4, 0.5) is 4.79 Å². The van der Waals surface area contributed by atoms with Crippen molar-refractivity contribution in [2.45, 2.75) is 39.4 Å². The zero-order valence-electron chi connectivity index (χ0n) is 14.4. The van der Waals surface area contributed by atoms with Gasteiger partial charge < -0.3 is 19.9 Å². The van der Waals surface area contributed by atoms with Gasteiger partial charge in [-0.1, -0.05) is 13.8 Å². The number of urea groups is 1. The van der Waals surface area contributed by atoms with E-state index in [1.807, 2.05) is 17.7 Å². The van der Waals surface area contributed by atoms with Crippen molar-refractivity contribution in [1.82, 2.24) is 25.1 Å². The lowest BCUT2D eigenvalue weighted by atomic mass is 10.0. The molecule has 1 aliphatic heterocycles. The molecule has 1 aromatic rings. The van der Waals surface area contributed by atoms with E-state index >= 15 is 0 Å². The van der Waals surface area contributed by atoms with Crippen LogP contribution in [0.1, 0.15) is 20.8 Å². The first-order valence-electron chi connectivity index (χ1n) is 8.38. The Morgan fingerprint density at radius 1 is 1.30 bits per heavy atom. The Balaban J connectivity index is 1.74. The average Bonchev–Trinajstić information content (AvgIpc) is 3.00. The molecule has 0 bridgehead atoms. The molecule has 2 amide bonds. The maximum absolute atomic E-state index is 12.1. The monoisotopic (exact) mass is 323 g/mol. The zero-order valence-corrected chi connectivity index (χ0v) is 14.4. The predicted octanol–water partition coefficient (Wildman–Crippen LogP) is 0.928. The number of hydrogen-bond donors (Lipinski definition) is 2. The average molecular weight is 323 g/mol. The molecule has 0 aromatic carbocycles. The van der Waals surface area contributed by atoms with Crippen LogP contribution in [-0.4, -0.2) is 65.4 Å². The van der Waals surface area contributed by atoms with Gasteiger partial charge in [0.1, 0.15) is 0 Å². The Morgan fingerprint density at radius 3 is 2.65 bits per heavy atom. The number of nitrogens with one attached hydrogen (secondary N) is 2. The first kappa shape index (κ1) is 17.7. The van der Waals surface area contributed by atoms with Gasteiger partial charge in [0.15, 0.2) is 0 Å². The predicted molar refractivity (Wildman–Crippen MR) is 89.2 cm³/mol. The quantitative estimate of drug-likeness (QED) is 0.783. The molecule has 2 heterocycles. The summed E-state index contributed by atoms with van der Waals surface area (Å²) in [4.78, 5) is 18.5. The van der Waals surface area contributed by atoms with E-state index in [9.17, 15) is 4.79 Å². The summed E-state index contributed by atoms with van der Waals surface area (Å²) in [5.74, 6) is 0.483. The molecular formula is C16H29N5O2. The second kappa shape index (κ2) is 8.88. The van der Waals surface area contributed by atoms with Crippen LogP contribution in [0.5, 0.6) is 0 Å². The summed E-state index contributed by atoms with van der Waals surface area (Å²) >= 11 is 0. The third kappa shape index (κ3) is 5.84. The number of aromatic nitrogens is 2. The SMILES string of the molecule is CC(C)[C@H](CNC(=O)N[C@H](C)Cn1ccnc1)N1CCOCC1. The molecule has 2 rings (SSSR count). The van der Waals surface area contributed by atoms with Gasteiger partial charge in [0.05, 0.1) is 19.5 Å². The van der Waals surface area contributed by atoms with Gasteiger partial charge in [-0.3, -0.25) is 4.90 Å². The van der Waals surface area contributed by atoms with Gasteiger partial charge in [-0.05, 0) is 12.8 Å². The molecule has 1 saturated heterocycles. The number of rotatable bonds is 7. The van der Waals surface area contributed by atoms with Gasteiger partial charge in [0.25, 0.3) is 0 Å². The molecule has 1 fully saturated rings. The van der Waals surface area contributed by atoms with Crippen LogP contribution >= 0.6 is 0 Å². The second-order valence-corrected chi connectivity index (χ2v) is 6.47. The number of morpholine rings is 1. The van der Waals surface area contributed by atoms with Gasteiger partial charge in [0.2, 0.25) is 0 Å². The summed E-state index contributed by atoms with van der Waals surface area (Å²) in [5.41, 5.74) is 0. The highest BCUT2D eigenvalue weighted by Crippen LogP contribution is 2.12. The number of hydrogen-bond acceptors (Lipinski definition) is 4. The minimum Gasteiger partial charge on any atom is -0.379 e. The fraction of sp³-hybridized carbons (Fsp3) is 0.750. The molecule has 1 aromatic heterocycles. The number of ether oxygens (including phenoxy) is 1. The van der Waals surface area contributed by atoms with Gasteiger partial charge in [0, 0.05) is 50.7 Å². The molecule has 0 unspecified atom stereocenters. The molecule has 7 nitrogen and oxygen atoms in total. The highest BCUT2D eigenvalue weighted by atomic mass is 16.5. The van der Waals surface area contributed by atoms with Gasteiger partial charge in [-0.2, -0.15) is 0 Å². The van der Waals surface area contributed by atoms with E-state index < -0.39 is 0 Å². The topological polar surface area (TPSA) is 71.4 Å². The van der Waals surface area contributed by atoms with Crippen molar-refractivity contribution in [2.24, 2.45) is 5.92 Å². The van der Waals surface area contributed by atoms with Crippen molar-refractivity contribution in [2.75, 3.05) is 32.8 Å². The van der Waals surface area contributed by atoms with Gasteiger partial charge in [-0.25, -0.2) is 9.78 Å². The van der Waals surface area contributed by atoms with Crippen LogP contribution in [0.2, 0.25) is 0 Å². The highest BCUT2D eigenvalue weighted by Gasteiger charge is 2.24. The second-order valence-electron chi connectivity index (χ2n) is 6.47. The fourth-order valence-corrected chi connectivity index (χ4v) is 2.92. The van der Waals surface area contributed by atoms with Crippen molar-refractivity contribution in [3.63, 3.8) is 0 Å². The van der Waals surface area contributed by atoms with E-state index in [1.54, 1.807) is 12.5 Å². The summed E-state index contributed by atoms with van der Waals surface area (Å²) in [6.07, 6.45) is 5.38. The Labute approximate surface area is 138 Å². The number of amides is 2. The van der Waals surface area contributed by atoms with Crippen molar-refractivity contribution in [3.8, 4) is 0 Å². The summed E-state index contributed by atoms with van der Waals surface area (Å²) in [7, 11) is 0. The van der Waals surface area contributed by atoms with E-state index in [-0.39, 0.29) is 12.1 Å². The Morgan fingerprint density at radius 2 is 2.04 bits per heavy atom. The molecule has 0 aliphatic carbocycles. The smallest absolute Gasteiger partial charge is 0.315 e. The number of carbonyl (C=O) groups is 1. The normalized spacial score (nSPS) is 18.6. The van der Waals surface area contributed by atoms with Crippen molar-refractivity contribution >= 4 is 6.03 Å². The largest absolute Gasteiger partial charge is 0.379 e. The Bertz CT molecular complexity index is 457. The molecule has 130 valence electrons. The molecule has 2 N–H and O–H groups in total. The lowest BCUT2D eigenvalue weighted by Crippen LogP contribution is -2.53. The number of nitrogens with zero attached hydrogens (tertiary/aromatic N) is 3. The standard InChI is InChI=1S/C16H29N5O2/c1-13(2)15(21-6-8-23-9-7-21)10-18-16(22)19-14(3)11-20-5-4-17-12-20/h4-5,12-15H,6-11H2,1-3H3,(H2,18,19,22)/t14-,15+/m1/s1. The van der Waals surface area contributed by atoms with E-state index in [0.717, 1.165) is 26.3 Å². The lowest BCUT2D eigenvalue weighted by Gasteiger charge is -2.37. The summed E-state index contributed by atoms with van der Waals surface area (Å²) in [5, 5.41) is 5.99. The fourth-order valence-electron chi connectivity index (χ4n) is 2.92. The zero-order chi connectivity index (χ0) is 16.7. The number of carbonyl (C=O) groups excluding carboxylic acids is 1. The Kier molecular flexibility index (Phi) is 6.85. The summed E-state index contributed by atoms with van der Waals surface area (Å²) < 4.78 is 7.36. The molecule has 0 saturated carbocycles. The Hall–Kier alpha value is -1.60. The van der Waals surface area contributed by atoms with Crippen molar-refractivity contribution in [3.05, 3.63) is 18.7 Å². The minimum absolute atomic E-state index is 0.0464. The van der Waals surface area contributed by atoms with E-state index in [4.69, 9.17) is 4.74 Å². The van der Waals surface area contributed by atoms with Crippen LogP contribution in [0.15, 0.2) is 18.7 Å². The van der Waals surface area contributed by atoms with Crippen LogP contribution < -0.4 is 10.6 Å². The lowest BCUT2D eigenvalue weighted by molar-refractivity contribution is 0.00718. The minimum atomic E-state index is -0.114. The van der Waals surface area contributed by atoms with Crippen LogP contribution in [0, 0.1) is 5.92 Å². The van der Waals surface area contributed by atoms with Crippen LogP contribution in [0.3, 0.4) is 0 Å². The molecule has 7 heteroatoms. The summed E-state index contributed by atoms with van der Waals surface area (Å²) in [6, 6.07) is 0.273. The van der Waals surface area contributed by atoms with Crippen molar-refractivity contribution < 1.29 is 9.53 Å². The van der Waals surface area contributed by atoms with Gasteiger partial charge in [-0.15, -0.1) is 0 Å². The first-order chi connectivity index (χ1) is 11.1.